The minimum atomic E-state index is -0.581. The largest absolute Gasteiger partial charge is 0.493 e. The number of esters is 1. The van der Waals surface area contributed by atoms with Gasteiger partial charge >= 0.3 is 5.97 Å². The highest BCUT2D eigenvalue weighted by atomic mass is 16.5. The molecule has 0 unspecified atom stereocenters. The fraction of sp³-hybridized carbons (Fsp3) is 0.467. The number of nitrogens with one attached hydrogen (secondary N) is 1. The number of dihydropyridines is 1. The van der Waals surface area contributed by atoms with Crippen LogP contribution < -0.4 is 14.8 Å². The molecule has 1 aromatic heterocycles. The summed E-state index contributed by atoms with van der Waals surface area (Å²) in [6, 6.07) is 9.59. The number of aryl methyl sites for hydroxylation is 1. The van der Waals surface area contributed by atoms with Crippen LogP contribution in [-0.2, 0) is 14.3 Å². The van der Waals surface area contributed by atoms with Gasteiger partial charge in [-0.3, -0.25) is 4.79 Å². The lowest BCUT2D eigenvalue weighted by Crippen LogP contribution is -2.36. The van der Waals surface area contributed by atoms with Crippen LogP contribution in [0.3, 0.4) is 0 Å². The predicted molar refractivity (Wildman–Crippen MR) is 139 cm³/mol. The Balaban J connectivity index is 1.49. The zero-order valence-electron chi connectivity index (χ0n) is 22.0. The molecule has 2 heterocycles. The summed E-state index contributed by atoms with van der Waals surface area (Å²) >= 11 is 0. The third-order valence-electron chi connectivity index (χ3n) is 7.63. The first-order chi connectivity index (χ1) is 17.9. The van der Waals surface area contributed by atoms with Crippen LogP contribution in [0.15, 0.2) is 57.3 Å². The summed E-state index contributed by atoms with van der Waals surface area (Å²) < 4.78 is 23.1. The first-order valence-electron chi connectivity index (χ1n) is 13.2. The van der Waals surface area contributed by atoms with Gasteiger partial charge in [-0.15, -0.1) is 0 Å². The molecule has 0 saturated heterocycles. The van der Waals surface area contributed by atoms with E-state index in [1.807, 2.05) is 51.1 Å². The molecule has 7 heteroatoms. The Kier molecular flexibility index (Phi) is 7.13. The Morgan fingerprint density at radius 2 is 1.86 bits per heavy atom. The minimum absolute atomic E-state index is 0.00400. The van der Waals surface area contributed by atoms with Crippen LogP contribution in [0.5, 0.6) is 11.5 Å². The van der Waals surface area contributed by atoms with Crippen molar-refractivity contribution in [2.75, 3.05) is 13.7 Å². The summed E-state index contributed by atoms with van der Waals surface area (Å²) in [6.45, 7) is 6.22. The topological polar surface area (TPSA) is 87.0 Å². The molecule has 1 fully saturated rings. The van der Waals surface area contributed by atoms with E-state index in [0.29, 0.717) is 53.6 Å². The fourth-order valence-electron chi connectivity index (χ4n) is 5.87. The number of ketones is 1. The maximum absolute atomic E-state index is 13.8. The summed E-state index contributed by atoms with van der Waals surface area (Å²) in [7, 11) is 1.62. The number of rotatable bonds is 7. The van der Waals surface area contributed by atoms with Gasteiger partial charge in [0.05, 0.1) is 25.2 Å². The Hall–Kier alpha value is -3.48. The quantitative estimate of drug-likeness (QED) is 0.473. The van der Waals surface area contributed by atoms with Gasteiger partial charge in [-0.1, -0.05) is 6.07 Å². The van der Waals surface area contributed by atoms with Crippen molar-refractivity contribution in [2.45, 2.75) is 77.2 Å². The lowest BCUT2D eigenvalue weighted by Gasteiger charge is -2.36. The van der Waals surface area contributed by atoms with Gasteiger partial charge in [0, 0.05) is 23.4 Å². The molecule has 0 bridgehead atoms. The molecule has 37 heavy (non-hydrogen) atoms. The third kappa shape index (κ3) is 4.91. The molecule has 1 saturated carbocycles. The number of hydrogen-bond donors (Lipinski definition) is 1. The molecule has 2 atom stereocenters. The molecular formula is C30H35NO6. The molecule has 2 aromatic rings. The van der Waals surface area contributed by atoms with Crippen molar-refractivity contribution in [3.05, 3.63) is 70.0 Å². The monoisotopic (exact) mass is 505 g/mol. The van der Waals surface area contributed by atoms with E-state index in [1.54, 1.807) is 7.11 Å². The number of methoxy groups -OCH3 is 1. The fourth-order valence-corrected chi connectivity index (χ4v) is 5.87. The van der Waals surface area contributed by atoms with Crippen LogP contribution in [0.1, 0.15) is 81.3 Å². The Morgan fingerprint density at radius 3 is 2.54 bits per heavy atom. The second-order valence-electron chi connectivity index (χ2n) is 10.1. The first kappa shape index (κ1) is 25.2. The molecule has 0 spiro atoms. The number of allylic oxidation sites excluding steroid dienone is 3. The number of hydrogen-bond acceptors (Lipinski definition) is 7. The molecule has 0 amide bonds. The van der Waals surface area contributed by atoms with Crippen molar-refractivity contribution < 1.29 is 28.2 Å². The molecule has 1 aromatic carbocycles. The number of Topliss-reactive ketones (excluding diaryl/α,β-unsaturated/α-hetero) is 1. The van der Waals surface area contributed by atoms with Crippen molar-refractivity contribution in [3.8, 4) is 11.5 Å². The van der Waals surface area contributed by atoms with E-state index in [0.717, 1.165) is 42.7 Å². The van der Waals surface area contributed by atoms with E-state index in [-0.39, 0.29) is 23.8 Å². The van der Waals surface area contributed by atoms with E-state index in [4.69, 9.17) is 18.6 Å². The zero-order valence-corrected chi connectivity index (χ0v) is 22.0. The van der Waals surface area contributed by atoms with E-state index in [1.165, 1.54) is 0 Å². The Bertz CT molecular complexity index is 1260. The van der Waals surface area contributed by atoms with Crippen LogP contribution in [0.25, 0.3) is 0 Å². The maximum atomic E-state index is 13.8. The number of ether oxygens (including phenoxy) is 3. The number of carbonyl (C=O) groups is 2. The van der Waals surface area contributed by atoms with Gasteiger partial charge in [0.25, 0.3) is 0 Å². The molecule has 5 rings (SSSR count). The first-order valence-corrected chi connectivity index (χ1v) is 13.2. The second-order valence-corrected chi connectivity index (χ2v) is 10.1. The van der Waals surface area contributed by atoms with Gasteiger partial charge < -0.3 is 23.9 Å². The van der Waals surface area contributed by atoms with Crippen molar-refractivity contribution in [2.24, 2.45) is 0 Å². The normalized spacial score (nSPS) is 22.1. The van der Waals surface area contributed by atoms with Crippen molar-refractivity contribution in [1.29, 1.82) is 0 Å². The molecule has 1 aliphatic heterocycles. The number of furan rings is 1. The van der Waals surface area contributed by atoms with Gasteiger partial charge in [0.15, 0.2) is 17.3 Å². The Labute approximate surface area is 217 Å². The maximum Gasteiger partial charge on any atom is 0.337 e. The zero-order chi connectivity index (χ0) is 26.1. The van der Waals surface area contributed by atoms with Crippen LogP contribution in [0.4, 0.5) is 0 Å². The van der Waals surface area contributed by atoms with Crippen LogP contribution in [0, 0.1) is 6.92 Å². The summed E-state index contributed by atoms with van der Waals surface area (Å²) in [5.74, 6) is 1.70. The predicted octanol–water partition coefficient (Wildman–Crippen LogP) is 5.84. The lowest BCUT2D eigenvalue weighted by molar-refractivity contribution is -0.144. The van der Waals surface area contributed by atoms with E-state index >= 15 is 0 Å². The van der Waals surface area contributed by atoms with Crippen molar-refractivity contribution in [1.82, 2.24) is 5.32 Å². The van der Waals surface area contributed by atoms with Gasteiger partial charge in [-0.2, -0.15) is 0 Å². The molecular weight excluding hydrogens is 470 g/mol. The van der Waals surface area contributed by atoms with Gasteiger partial charge in [-0.25, -0.2) is 4.79 Å². The standard InChI is InChI=1S/C30H35NO6/c1-5-35-24-13-11-19(16-26(24)34-4)20-14-22-28(23(32)15-20)29(25-12-10-17(2)36-25)27(18(3)31-22)30(33)37-21-8-6-7-9-21/h10-13,16,20-21,29,31H,5-9,14-15H2,1-4H3/t20-,29-/m1/s1. The SMILES string of the molecule is CCOc1ccc([C@H]2CC(=O)C3=C(C2)NC(C)=C(C(=O)OC2CCCC2)[C@H]3c2ccc(C)o2)cc1OC. The van der Waals surface area contributed by atoms with E-state index in [2.05, 4.69) is 5.32 Å². The number of benzene rings is 1. The molecule has 2 aliphatic carbocycles. The third-order valence-corrected chi connectivity index (χ3v) is 7.63. The summed E-state index contributed by atoms with van der Waals surface area (Å²) in [6.07, 6.45) is 4.81. The lowest BCUT2D eigenvalue weighted by atomic mass is 9.73. The van der Waals surface area contributed by atoms with Gasteiger partial charge in [0.2, 0.25) is 0 Å². The van der Waals surface area contributed by atoms with Crippen molar-refractivity contribution >= 4 is 11.8 Å². The molecule has 0 radical (unpaired) electrons. The van der Waals surface area contributed by atoms with Crippen molar-refractivity contribution in [3.63, 3.8) is 0 Å². The second kappa shape index (κ2) is 10.5. The van der Waals surface area contributed by atoms with Crippen LogP contribution in [-0.4, -0.2) is 31.6 Å². The number of carbonyl (C=O) groups excluding carboxylic acids is 2. The summed E-state index contributed by atoms with van der Waals surface area (Å²) in [4.78, 5) is 27.2. The van der Waals surface area contributed by atoms with E-state index < -0.39 is 5.92 Å². The average Bonchev–Trinajstić information content (AvgIpc) is 3.55. The minimum Gasteiger partial charge on any atom is -0.493 e. The average molecular weight is 506 g/mol. The highest BCUT2D eigenvalue weighted by molar-refractivity contribution is 6.04. The Morgan fingerprint density at radius 1 is 1.08 bits per heavy atom. The summed E-state index contributed by atoms with van der Waals surface area (Å²) in [5, 5.41) is 3.41. The molecule has 3 aliphatic rings. The van der Waals surface area contributed by atoms with Gasteiger partial charge in [0.1, 0.15) is 17.6 Å². The summed E-state index contributed by atoms with van der Waals surface area (Å²) in [5.41, 5.74) is 3.63. The molecule has 1 N–H and O–H groups in total. The molecule has 7 nitrogen and oxygen atoms in total. The van der Waals surface area contributed by atoms with Crippen LogP contribution in [0.2, 0.25) is 0 Å². The highest BCUT2D eigenvalue weighted by Crippen LogP contribution is 2.47. The van der Waals surface area contributed by atoms with E-state index in [9.17, 15) is 9.59 Å². The molecule has 196 valence electrons. The van der Waals surface area contributed by atoms with Gasteiger partial charge in [-0.05, 0) is 88.6 Å². The smallest absolute Gasteiger partial charge is 0.337 e. The van der Waals surface area contributed by atoms with Crippen LogP contribution >= 0.6 is 0 Å². The highest BCUT2D eigenvalue weighted by Gasteiger charge is 2.43.